The molecule has 8 heteroatoms. The number of rotatable bonds is 8. The van der Waals surface area contributed by atoms with E-state index in [1.807, 2.05) is 61.5 Å². The van der Waals surface area contributed by atoms with Crippen LogP contribution >= 0.6 is 11.6 Å². The first kappa shape index (κ1) is 27.8. The number of carbonyl (C=O) groups is 2. The van der Waals surface area contributed by atoms with Gasteiger partial charge >= 0.3 is 5.97 Å². The van der Waals surface area contributed by atoms with Crippen LogP contribution < -0.4 is 10.9 Å². The average Bonchev–Trinajstić information content (AvgIpc) is 2.99. The molecule has 0 bridgehead atoms. The summed E-state index contributed by atoms with van der Waals surface area (Å²) < 4.78 is 11.7. The van der Waals surface area contributed by atoms with Gasteiger partial charge in [0, 0.05) is 23.6 Å². The van der Waals surface area contributed by atoms with Crippen molar-refractivity contribution in [2.75, 3.05) is 5.32 Å². The van der Waals surface area contributed by atoms with Crippen molar-refractivity contribution >= 4 is 45.8 Å². The molecule has 3 aromatic carbocycles. The highest BCUT2D eigenvalue weighted by Gasteiger charge is 2.18. The quantitative estimate of drug-likeness (QED) is 0.194. The van der Waals surface area contributed by atoms with Crippen LogP contribution in [0.15, 0.2) is 101 Å². The molecule has 1 N–H and O–H groups in total. The molecule has 0 fully saturated rings. The molecule has 0 aliphatic carbocycles. The Morgan fingerprint density at radius 1 is 0.976 bits per heavy atom. The van der Waals surface area contributed by atoms with Gasteiger partial charge in [-0.3, -0.25) is 14.6 Å². The molecular formula is C33H28ClN3O4. The normalized spacial score (nSPS) is 11.4. The van der Waals surface area contributed by atoms with Gasteiger partial charge in [0.1, 0.15) is 12.2 Å². The number of ether oxygens (including phenoxy) is 1. The monoisotopic (exact) mass is 565 g/mol. The number of esters is 1. The Morgan fingerprint density at radius 2 is 1.68 bits per heavy atom. The second-order valence-corrected chi connectivity index (χ2v) is 9.85. The maximum atomic E-state index is 13.6. The van der Waals surface area contributed by atoms with Crippen LogP contribution in [0, 0.1) is 6.92 Å². The molecule has 206 valence electrons. The summed E-state index contributed by atoms with van der Waals surface area (Å²) in [5, 5.41) is 3.86. The molecule has 2 heterocycles. The molecule has 41 heavy (non-hydrogen) atoms. The van der Waals surface area contributed by atoms with E-state index in [4.69, 9.17) is 25.7 Å². The highest BCUT2D eigenvalue weighted by molar-refractivity contribution is 6.33. The molecule has 0 radical (unpaired) electrons. The third-order valence-electron chi connectivity index (χ3n) is 6.47. The van der Waals surface area contributed by atoms with E-state index in [0.717, 1.165) is 11.1 Å². The van der Waals surface area contributed by atoms with Crippen molar-refractivity contribution in [2.24, 2.45) is 4.99 Å². The fourth-order valence-electron chi connectivity index (χ4n) is 4.31. The molecule has 0 aliphatic heterocycles. The Morgan fingerprint density at radius 3 is 2.41 bits per heavy atom. The van der Waals surface area contributed by atoms with E-state index in [-0.39, 0.29) is 23.7 Å². The van der Waals surface area contributed by atoms with E-state index in [1.54, 1.807) is 43.5 Å². The lowest BCUT2D eigenvalue weighted by Gasteiger charge is -2.12. The predicted octanol–water partition coefficient (Wildman–Crippen LogP) is 7.78. The number of hydrogen-bond donors (Lipinski definition) is 1. The maximum Gasteiger partial charge on any atom is 0.306 e. The molecule has 5 aromatic rings. The van der Waals surface area contributed by atoms with Crippen molar-refractivity contribution in [1.82, 2.24) is 4.98 Å². The number of nitrogens with one attached hydrogen (secondary N) is 1. The lowest BCUT2D eigenvalue weighted by molar-refractivity contribution is -0.144. The van der Waals surface area contributed by atoms with Gasteiger partial charge in [0.05, 0.1) is 22.1 Å². The third kappa shape index (κ3) is 6.53. The number of aryl methyl sites for hydroxylation is 1. The lowest BCUT2D eigenvalue weighted by Crippen LogP contribution is -2.22. The first-order valence-corrected chi connectivity index (χ1v) is 13.6. The molecule has 0 unspecified atom stereocenters. The Labute approximate surface area is 242 Å². The number of halogens is 1. The summed E-state index contributed by atoms with van der Waals surface area (Å²) >= 11 is 6.31. The molecule has 5 rings (SSSR count). The van der Waals surface area contributed by atoms with Crippen molar-refractivity contribution in [2.45, 2.75) is 33.3 Å². The van der Waals surface area contributed by atoms with Gasteiger partial charge in [-0.2, -0.15) is 0 Å². The zero-order valence-electron chi connectivity index (χ0n) is 22.7. The number of anilines is 1. The van der Waals surface area contributed by atoms with E-state index in [2.05, 4.69) is 10.3 Å². The number of aromatic nitrogens is 1. The molecule has 0 saturated carbocycles. The van der Waals surface area contributed by atoms with Crippen LogP contribution in [0.1, 0.15) is 41.4 Å². The van der Waals surface area contributed by atoms with Gasteiger partial charge in [-0.15, -0.1) is 0 Å². The minimum absolute atomic E-state index is 0.00113. The van der Waals surface area contributed by atoms with Crippen molar-refractivity contribution < 1.29 is 18.7 Å². The van der Waals surface area contributed by atoms with E-state index in [9.17, 15) is 9.59 Å². The number of benzene rings is 3. The van der Waals surface area contributed by atoms with Gasteiger partial charge in [-0.25, -0.2) is 4.99 Å². The van der Waals surface area contributed by atoms with Crippen LogP contribution in [0.5, 0.6) is 0 Å². The fourth-order valence-corrected chi connectivity index (χ4v) is 4.50. The molecular weight excluding hydrogens is 538 g/mol. The second kappa shape index (κ2) is 12.6. The largest absolute Gasteiger partial charge is 0.461 e. The zero-order chi connectivity index (χ0) is 28.8. The van der Waals surface area contributed by atoms with Crippen molar-refractivity contribution in [3.63, 3.8) is 0 Å². The van der Waals surface area contributed by atoms with Gasteiger partial charge in [0.15, 0.2) is 5.58 Å². The molecule has 1 amide bonds. The molecule has 0 saturated heterocycles. The Balaban J connectivity index is 1.61. The summed E-state index contributed by atoms with van der Waals surface area (Å²) in [7, 11) is 0. The van der Waals surface area contributed by atoms with Gasteiger partial charge in [0.2, 0.25) is 5.55 Å². The lowest BCUT2D eigenvalue weighted by atomic mass is 10.1. The zero-order valence-corrected chi connectivity index (χ0v) is 23.4. The maximum absolute atomic E-state index is 13.6. The fraction of sp³-hybridized carbons (Fsp3) is 0.152. The average molecular weight is 566 g/mol. The van der Waals surface area contributed by atoms with Gasteiger partial charge in [-0.1, -0.05) is 73.1 Å². The third-order valence-corrected chi connectivity index (χ3v) is 6.80. The van der Waals surface area contributed by atoms with Crippen LogP contribution in [0.25, 0.3) is 22.1 Å². The molecule has 2 aromatic heterocycles. The van der Waals surface area contributed by atoms with Gasteiger partial charge < -0.3 is 14.5 Å². The van der Waals surface area contributed by atoms with Crippen molar-refractivity contribution in [3.8, 4) is 11.1 Å². The van der Waals surface area contributed by atoms with Crippen LogP contribution in [-0.4, -0.2) is 16.9 Å². The Kier molecular flexibility index (Phi) is 8.56. The smallest absolute Gasteiger partial charge is 0.306 e. The minimum Gasteiger partial charge on any atom is -0.461 e. The van der Waals surface area contributed by atoms with Crippen LogP contribution in [0.3, 0.4) is 0 Å². The summed E-state index contributed by atoms with van der Waals surface area (Å²) in [4.78, 5) is 34.8. The number of hydrogen-bond acceptors (Lipinski definition) is 6. The first-order valence-electron chi connectivity index (χ1n) is 13.3. The SMILES string of the molecule is CCCC(=O)OCc1cnc(C)c2oc(=Nc3ccc(-c4ccccc4)cc3)c(C(=O)Nc3ccccc3Cl)cc12. The number of carbonyl (C=O) groups excluding carboxylic acids is 2. The highest BCUT2D eigenvalue weighted by atomic mass is 35.5. The minimum atomic E-state index is -0.452. The standard InChI is InChI=1S/C33H28ClN3O4/c1-3-9-30(38)40-20-24-19-35-21(2)31-26(24)18-27(32(39)37-29-13-8-7-12-28(29)34)33(41-31)36-25-16-14-23(15-17-25)22-10-5-4-6-11-22/h4-8,10-19H,3,9,20H2,1-2H3,(H,37,39). The Bertz CT molecular complexity index is 1780. The molecule has 0 aliphatic rings. The molecule has 0 atom stereocenters. The van der Waals surface area contributed by atoms with Gasteiger partial charge in [0.25, 0.3) is 5.91 Å². The van der Waals surface area contributed by atoms with Crippen molar-refractivity contribution in [1.29, 1.82) is 0 Å². The van der Waals surface area contributed by atoms with E-state index >= 15 is 0 Å². The number of fused-ring (bicyclic) bond motifs is 1. The number of nitrogens with zero attached hydrogens (tertiary/aromatic N) is 2. The summed E-state index contributed by atoms with van der Waals surface area (Å²) in [6.45, 7) is 3.72. The van der Waals surface area contributed by atoms with E-state index in [1.165, 1.54) is 0 Å². The summed E-state index contributed by atoms with van der Waals surface area (Å²) in [6.07, 6.45) is 2.63. The predicted molar refractivity (Wildman–Crippen MR) is 160 cm³/mol. The summed E-state index contributed by atoms with van der Waals surface area (Å²) in [5.74, 6) is -0.757. The molecule has 7 nitrogen and oxygen atoms in total. The first-order chi connectivity index (χ1) is 19.9. The number of pyridine rings is 1. The van der Waals surface area contributed by atoms with Crippen LogP contribution in [-0.2, 0) is 16.1 Å². The molecule has 0 spiro atoms. The topological polar surface area (TPSA) is 93.8 Å². The summed E-state index contributed by atoms with van der Waals surface area (Å²) in [5.41, 5.74) is 5.16. The van der Waals surface area contributed by atoms with E-state index < -0.39 is 5.91 Å². The Hall–Kier alpha value is -4.75. The van der Waals surface area contributed by atoms with Crippen LogP contribution in [0.4, 0.5) is 11.4 Å². The second-order valence-electron chi connectivity index (χ2n) is 9.45. The highest BCUT2D eigenvalue weighted by Crippen LogP contribution is 2.26. The summed E-state index contributed by atoms with van der Waals surface area (Å²) in [6, 6.07) is 26.4. The number of para-hydroxylation sites is 1. The van der Waals surface area contributed by atoms with Gasteiger partial charge in [-0.05, 0) is 54.8 Å². The van der Waals surface area contributed by atoms with Crippen molar-refractivity contribution in [3.05, 3.63) is 119 Å². The number of amides is 1. The van der Waals surface area contributed by atoms with Crippen LogP contribution in [0.2, 0.25) is 5.02 Å². The van der Waals surface area contributed by atoms with E-state index in [0.29, 0.717) is 51.5 Å².